The molecule has 1 fully saturated rings. The maximum absolute atomic E-state index is 12.8. The number of rotatable bonds is 5. The summed E-state index contributed by atoms with van der Waals surface area (Å²) in [4.78, 5) is 26.0. The van der Waals surface area contributed by atoms with Gasteiger partial charge < -0.3 is 10.0 Å². The molecule has 4 nitrogen and oxygen atoms in total. The highest BCUT2D eigenvalue weighted by Gasteiger charge is 2.26. The topological polar surface area (TPSA) is 57.6 Å². The smallest absolute Gasteiger partial charge is 0.336 e. The van der Waals surface area contributed by atoms with Crippen molar-refractivity contribution in [3.63, 3.8) is 0 Å². The molecule has 0 atom stereocenters. The lowest BCUT2D eigenvalue weighted by Crippen LogP contribution is -2.29. The van der Waals surface area contributed by atoms with Crippen LogP contribution in [-0.4, -0.2) is 35.5 Å². The normalized spacial score (nSPS) is 13.6. The van der Waals surface area contributed by atoms with E-state index in [9.17, 15) is 14.7 Å². The predicted molar refractivity (Wildman–Crippen MR) is 88.5 cm³/mol. The summed E-state index contributed by atoms with van der Waals surface area (Å²) >= 11 is 0. The zero-order valence-corrected chi connectivity index (χ0v) is 13.0. The zero-order valence-electron chi connectivity index (χ0n) is 13.0. The van der Waals surface area contributed by atoms with Crippen LogP contribution in [-0.2, 0) is 0 Å². The van der Waals surface area contributed by atoms with Gasteiger partial charge in [0.25, 0.3) is 5.91 Å². The van der Waals surface area contributed by atoms with Gasteiger partial charge in [-0.05, 0) is 42.0 Å². The fourth-order valence-electron chi connectivity index (χ4n) is 2.79. The molecule has 0 unspecified atom stereocenters. The Morgan fingerprint density at radius 2 is 1.52 bits per heavy atom. The van der Waals surface area contributed by atoms with Gasteiger partial charge in [-0.3, -0.25) is 4.79 Å². The fraction of sp³-hybridized carbons (Fsp3) is 0.263. The van der Waals surface area contributed by atoms with Gasteiger partial charge in [0.1, 0.15) is 0 Å². The minimum atomic E-state index is -0.991. The van der Waals surface area contributed by atoms with Gasteiger partial charge in [0.15, 0.2) is 0 Å². The van der Waals surface area contributed by atoms with E-state index in [1.54, 1.807) is 48.3 Å². The highest BCUT2D eigenvalue weighted by molar-refractivity contribution is 6.04. The third-order valence-electron chi connectivity index (χ3n) is 4.18. The Bertz CT molecular complexity index is 750. The molecule has 1 saturated carbocycles. The number of nitrogens with zero attached hydrogens (tertiary/aromatic N) is 1. The lowest BCUT2D eigenvalue weighted by Gasteiger charge is -2.19. The first-order chi connectivity index (χ1) is 11.1. The van der Waals surface area contributed by atoms with Crippen LogP contribution in [0.15, 0.2) is 48.5 Å². The molecule has 2 aromatic carbocycles. The summed E-state index contributed by atoms with van der Waals surface area (Å²) in [6.45, 7) is 0.758. The number of carbonyl (C=O) groups excluding carboxylic acids is 1. The van der Waals surface area contributed by atoms with Gasteiger partial charge in [-0.15, -0.1) is 0 Å². The van der Waals surface area contributed by atoms with Crippen LogP contribution in [0.5, 0.6) is 0 Å². The molecule has 1 aliphatic carbocycles. The fourth-order valence-corrected chi connectivity index (χ4v) is 2.79. The number of carboxylic acids is 1. The van der Waals surface area contributed by atoms with Crippen molar-refractivity contribution in [1.29, 1.82) is 0 Å². The minimum absolute atomic E-state index is 0.0623. The van der Waals surface area contributed by atoms with E-state index in [2.05, 4.69) is 0 Å². The van der Waals surface area contributed by atoms with E-state index in [0.29, 0.717) is 22.6 Å². The lowest BCUT2D eigenvalue weighted by atomic mass is 9.95. The lowest BCUT2D eigenvalue weighted by molar-refractivity contribution is 0.0696. The summed E-state index contributed by atoms with van der Waals surface area (Å²) in [7, 11) is 1.81. The van der Waals surface area contributed by atoms with E-state index in [4.69, 9.17) is 0 Å². The maximum atomic E-state index is 12.8. The number of hydrogen-bond acceptors (Lipinski definition) is 2. The molecule has 1 aliphatic rings. The maximum Gasteiger partial charge on any atom is 0.336 e. The number of carboxylic acid groups (broad SMARTS) is 1. The second-order valence-corrected chi connectivity index (χ2v) is 6.03. The average molecular weight is 309 g/mol. The molecule has 0 aromatic heterocycles. The SMILES string of the molecule is CN(CC1CC1)C(=O)c1ccccc1-c1ccccc1C(=O)O. The summed E-state index contributed by atoms with van der Waals surface area (Å²) in [5.74, 6) is -0.440. The van der Waals surface area contributed by atoms with Crippen LogP contribution in [0.1, 0.15) is 33.6 Å². The van der Waals surface area contributed by atoms with Crippen molar-refractivity contribution in [3.8, 4) is 11.1 Å². The summed E-state index contributed by atoms with van der Waals surface area (Å²) in [5.41, 5.74) is 1.99. The van der Waals surface area contributed by atoms with E-state index < -0.39 is 5.97 Å². The highest BCUT2D eigenvalue weighted by atomic mass is 16.4. The Morgan fingerprint density at radius 1 is 1.00 bits per heavy atom. The van der Waals surface area contributed by atoms with Crippen molar-refractivity contribution < 1.29 is 14.7 Å². The quantitative estimate of drug-likeness (QED) is 0.919. The molecule has 0 aliphatic heterocycles. The van der Waals surface area contributed by atoms with Crippen molar-refractivity contribution in [2.24, 2.45) is 5.92 Å². The largest absolute Gasteiger partial charge is 0.478 e. The first-order valence-corrected chi connectivity index (χ1v) is 7.75. The molecule has 0 heterocycles. The van der Waals surface area contributed by atoms with E-state index in [1.807, 2.05) is 12.1 Å². The van der Waals surface area contributed by atoms with Crippen molar-refractivity contribution in [3.05, 3.63) is 59.7 Å². The van der Waals surface area contributed by atoms with Crippen molar-refractivity contribution in [1.82, 2.24) is 4.90 Å². The number of benzene rings is 2. The summed E-state index contributed by atoms with van der Waals surface area (Å²) < 4.78 is 0. The number of amides is 1. The molecule has 4 heteroatoms. The van der Waals surface area contributed by atoms with Crippen molar-refractivity contribution in [2.75, 3.05) is 13.6 Å². The molecule has 2 aromatic rings. The molecule has 0 spiro atoms. The molecular weight excluding hydrogens is 290 g/mol. The van der Waals surface area contributed by atoms with Crippen LogP contribution in [0.2, 0.25) is 0 Å². The first-order valence-electron chi connectivity index (χ1n) is 7.75. The zero-order chi connectivity index (χ0) is 16.4. The van der Waals surface area contributed by atoms with Crippen LogP contribution in [0.3, 0.4) is 0 Å². The molecular formula is C19H19NO3. The van der Waals surface area contributed by atoms with E-state index in [-0.39, 0.29) is 11.5 Å². The average Bonchev–Trinajstić information content (AvgIpc) is 3.38. The standard InChI is InChI=1S/C19H19NO3/c1-20(12-13-10-11-13)18(21)16-8-4-2-6-14(16)15-7-3-5-9-17(15)19(22)23/h2-9,13H,10-12H2,1H3,(H,22,23). The number of aromatic carboxylic acids is 1. The van der Waals surface area contributed by atoms with Gasteiger partial charge in [0.2, 0.25) is 0 Å². The molecule has 118 valence electrons. The monoisotopic (exact) mass is 309 g/mol. The number of hydrogen-bond donors (Lipinski definition) is 1. The van der Waals surface area contributed by atoms with Crippen LogP contribution < -0.4 is 0 Å². The predicted octanol–water partition coefficient (Wildman–Crippen LogP) is 3.53. The molecule has 1 amide bonds. The second kappa shape index (κ2) is 6.24. The third kappa shape index (κ3) is 3.26. The van der Waals surface area contributed by atoms with Gasteiger partial charge in [-0.25, -0.2) is 4.79 Å². The molecule has 0 radical (unpaired) electrons. The number of carbonyl (C=O) groups is 2. The highest BCUT2D eigenvalue weighted by Crippen LogP contribution is 2.31. The van der Waals surface area contributed by atoms with Gasteiger partial charge in [-0.1, -0.05) is 36.4 Å². The Morgan fingerprint density at radius 3 is 2.09 bits per heavy atom. The molecule has 1 N–H and O–H groups in total. The summed E-state index contributed by atoms with van der Waals surface area (Å²) in [6.07, 6.45) is 2.36. The molecule has 23 heavy (non-hydrogen) atoms. The van der Waals surface area contributed by atoms with Gasteiger partial charge in [0.05, 0.1) is 5.56 Å². The molecule has 3 rings (SSSR count). The summed E-state index contributed by atoms with van der Waals surface area (Å²) in [5, 5.41) is 9.40. The van der Waals surface area contributed by atoms with Crippen LogP contribution in [0.4, 0.5) is 0 Å². The van der Waals surface area contributed by atoms with Crippen molar-refractivity contribution in [2.45, 2.75) is 12.8 Å². The Labute approximate surface area is 135 Å². The Balaban J connectivity index is 2.01. The van der Waals surface area contributed by atoms with Crippen molar-refractivity contribution >= 4 is 11.9 Å². The minimum Gasteiger partial charge on any atom is -0.478 e. The molecule has 0 bridgehead atoms. The van der Waals surface area contributed by atoms with E-state index >= 15 is 0 Å². The first kappa shape index (κ1) is 15.3. The van der Waals surface area contributed by atoms with Crippen LogP contribution in [0.25, 0.3) is 11.1 Å². The van der Waals surface area contributed by atoms with E-state index in [1.165, 1.54) is 12.8 Å². The van der Waals surface area contributed by atoms with Crippen LogP contribution in [0, 0.1) is 5.92 Å². The van der Waals surface area contributed by atoms with Gasteiger partial charge >= 0.3 is 5.97 Å². The van der Waals surface area contributed by atoms with Crippen LogP contribution >= 0.6 is 0 Å². The van der Waals surface area contributed by atoms with E-state index in [0.717, 1.165) is 6.54 Å². The Hall–Kier alpha value is -2.62. The molecule has 0 saturated heterocycles. The second-order valence-electron chi connectivity index (χ2n) is 6.03. The Kier molecular flexibility index (Phi) is 4.15. The summed E-state index contributed by atoms with van der Waals surface area (Å²) in [6, 6.07) is 14.0. The van der Waals surface area contributed by atoms with Gasteiger partial charge in [0, 0.05) is 19.2 Å². The van der Waals surface area contributed by atoms with Gasteiger partial charge in [-0.2, -0.15) is 0 Å². The third-order valence-corrected chi connectivity index (χ3v) is 4.18.